The first-order valence-corrected chi connectivity index (χ1v) is 11.3. The number of nitrogens with one attached hydrogen (secondary N) is 2. The fourth-order valence-corrected chi connectivity index (χ4v) is 3.63. The Balaban J connectivity index is 1.60. The molecule has 30 heavy (non-hydrogen) atoms. The summed E-state index contributed by atoms with van der Waals surface area (Å²) in [4.78, 5) is 24.7. The predicted octanol–water partition coefficient (Wildman–Crippen LogP) is 4.41. The number of carboxylic acid groups (broad SMARTS) is 1. The number of unbranched alkanes of at least 4 members (excludes halogenated alkanes) is 5. The van der Waals surface area contributed by atoms with E-state index in [2.05, 4.69) is 17.6 Å². The lowest BCUT2D eigenvalue weighted by atomic mass is 10.1. The Bertz CT molecular complexity index is 628. The molecule has 0 aliphatic carbocycles. The molecule has 168 valence electrons. The van der Waals surface area contributed by atoms with Crippen LogP contribution in [0.4, 0.5) is 9.59 Å². The molecule has 1 heterocycles. The molecule has 1 aliphatic rings. The quantitative estimate of drug-likeness (QED) is 0.438. The molecular weight excluding hydrogens is 382 g/mol. The number of urea groups is 1. The van der Waals surface area contributed by atoms with Gasteiger partial charge in [0, 0.05) is 39.0 Å². The van der Waals surface area contributed by atoms with Crippen molar-refractivity contribution in [1.29, 1.82) is 0 Å². The topological polar surface area (TPSA) is 90.9 Å². The highest BCUT2D eigenvalue weighted by Gasteiger charge is 2.23. The van der Waals surface area contributed by atoms with E-state index in [1.165, 1.54) is 32.1 Å². The van der Waals surface area contributed by atoms with Crippen molar-refractivity contribution in [3.05, 3.63) is 29.8 Å². The monoisotopic (exact) mass is 419 g/mol. The van der Waals surface area contributed by atoms with Gasteiger partial charge in [0.1, 0.15) is 11.9 Å². The molecule has 1 fully saturated rings. The Kier molecular flexibility index (Phi) is 10.9. The van der Waals surface area contributed by atoms with Gasteiger partial charge in [0.25, 0.3) is 0 Å². The number of carbonyl (C=O) groups excluding carboxylic acids is 1. The van der Waals surface area contributed by atoms with Gasteiger partial charge in [-0.1, -0.05) is 51.2 Å². The molecule has 1 aliphatic heterocycles. The number of amides is 3. The average molecular weight is 420 g/mol. The second-order valence-corrected chi connectivity index (χ2v) is 7.93. The number of rotatable bonds is 12. The average Bonchev–Trinajstić information content (AvgIpc) is 2.74. The van der Waals surface area contributed by atoms with Gasteiger partial charge in [-0.15, -0.1) is 0 Å². The van der Waals surface area contributed by atoms with Crippen LogP contribution in [0.25, 0.3) is 0 Å². The van der Waals surface area contributed by atoms with Gasteiger partial charge in [0.15, 0.2) is 0 Å². The van der Waals surface area contributed by atoms with Crippen molar-refractivity contribution in [2.45, 2.75) is 70.8 Å². The summed E-state index contributed by atoms with van der Waals surface area (Å²) in [6, 6.07) is 7.82. The summed E-state index contributed by atoms with van der Waals surface area (Å²) in [5.41, 5.74) is 1.06. The van der Waals surface area contributed by atoms with E-state index in [-0.39, 0.29) is 12.1 Å². The van der Waals surface area contributed by atoms with Gasteiger partial charge in [-0.2, -0.15) is 0 Å². The zero-order chi connectivity index (χ0) is 21.6. The molecule has 1 saturated heterocycles. The van der Waals surface area contributed by atoms with Crippen LogP contribution in [0.1, 0.15) is 63.9 Å². The Morgan fingerprint density at radius 3 is 2.33 bits per heavy atom. The maximum absolute atomic E-state index is 12.3. The third-order valence-electron chi connectivity index (χ3n) is 5.45. The van der Waals surface area contributed by atoms with E-state index < -0.39 is 6.09 Å². The molecule has 1 aromatic rings. The molecular formula is C23H37N3O4. The number of hydrogen-bond acceptors (Lipinski definition) is 3. The van der Waals surface area contributed by atoms with Crippen molar-refractivity contribution in [1.82, 2.24) is 15.5 Å². The maximum atomic E-state index is 12.3. The van der Waals surface area contributed by atoms with Crippen LogP contribution in [0.2, 0.25) is 0 Å². The van der Waals surface area contributed by atoms with Crippen LogP contribution in [-0.2, 0) is 6.42 Å². The summed E-state index contributed by atoms with van der Waals surface area (Å²) in [5.74, 6) is 0.816. The van der Waals surface area contributed by atoms with E-state index in [9.17, 15) is 9.59 Å². The van der Waals surface area contributed by atoms with E-state index in [4.69, 9.17) is 9.84 Å². The second-order valence-electron chi connectivity index (χ2n) is 7.93. The smallest absolute Gasteiger partial charge is 0.404 e. The summed E-state index contributed by atoms with van der Waals surface area (Å²) in [7, 11) is 0. The first-order valence-electron chi connectivity index (χ1n) is 11.3. The first kappa shape index (κ1) is 23.8. The lowest BCUT2D eigenvalue weighted by Crippen LogP contribution is -2.46. The highest BCUT2D eigenvalue weighted by atomic mass is 16.5. The van der Waals surface area contributed by atoms with Gasteiger partial charge in [0.2, 0.25) is 0 Å². The molecule has 0 unspecified atom stereocenters. The summed E-state index contributed by atoms with van der Waals surface area (Å²) >= 11 is 0. The zero-order valence-electron chi connectivity index (χ0n) is 18.2. The number of likely N-dealkylation sites (tertiary alicyclic amines) is 1. The molecule has 2 rings (SSSR count). The van der Waals surface area contributed by atoms with Gasteiger partial charge in [0.05, 0.1) is 0 Å². The standard InChI is InChI=1S/C23H37N3O4/c1-2-3-4-5-6-7-15-24-22(27)26-17-13-21(14-18-26)30-20-10-8-19(9-11-20)12-16-25-23(28)29/h8-11,21,25H,2-7,12-18H2,1H3,(H,24,27)(H,28,29). The Morgan fingerprint density at radius 2 is 1.67 bits per heavy atom. The highest BCUT2D eigenvalue weighted by Crippen LogP contribution is 2.20. The third-order valence-corrected chi connectivity index (χ3v) is 5.45. The molecule has 7 heteroatoms. The fourth-order valence-electron chi connectivity index (χ4n) is 3.63. The van der Waals surface area contributed by atoms with Gasteiger partial charge in [-0.3, -0.25) is 0 Å². The van der Waals surface area contributed by atoms with Crippen molar-refractivity contribution in [3.63, 3.8) is 0 Å². The third kappa shape index (κ3) is 9.37. The summed E-state index contributed by atoms with van der Waals surface area (Å²) < 4.78 is 6.06. The van der Waals surface area contributed by atoms with Crippen LogP contribution in [0.15, 0.2) is 24.3 Å². The SMILES string of the molecule is CCCCCCCCNC(=O)N1CCC(Oc2ccc(CCNC(=O)O)cc2)CC1. The van der Waals surface area contributed by atoms with Crippen LogP contribution in [0.5, 0.6) is 5.75 Å². The van der Waals surface area contributed by atoms with Gasteiger partial charge >= 0.3 is 12.1 Å². The van der Waals surface area contributed by atoms with Crippen LogP contribution in [0.3, 0.4) is 0 Å². The predicted molar refractivity (Wildman–Crippen MR) is 118 cm³/mol. The van der Waals surface area contributed by atoms with Crippen LogP contribution in [0, 0.1) is 0 Å². The minimum atomic E-state index is -1.00. The Hall–Kier alpha value is -2.44. The number of carbonyl (C=O) groups is 2. The largest absolute Gasteiger partial charge is 0.490 e. The molecule has 0 aromatic heterocycles. The zero-order valence-corrected chi connectivity index (χ0v) is 18.2. The van der Waals surface area contributed by atoms with Crippen LogP contribution in [-0.4, -0.2) is 54.4 Å². The minimum Gasteiger partial charge on any atom is -0.490 e. The number of nitrogens with zero attached hydrogens (tertiary/aromatic N) is 1. The minimum absolute atomic E-state index is 0.0429. The van der Waals surface area contributed by atoms with Crippen LogP contribution < -0.4 is 15.4 Å². The van der Waals surface area contributed by atoms with Crippen molar-refractivity contribution in [2.75, 3.05) is 26.2 Å². The Morgan fingerprint density at radius 1 is 1.00 bits per heavy atom. The normalized spacial score (nSPS) is 14.4. The molecule has 0 bridgehead atoms. The summed E-state index contributed by atoms with van der Waals surface area (Å²) in [6.07, 6.45) is 8.77. The Labute approximate surface area is 180 Å². The second kappa shape index (κ2) is 13.7. The maximum Gasteiger partial charge on any atom is 0.404 e. The van der Waals surface area contributed by atoms with Crippen molar-refractivity contribution < 1.29 is 19.4 Å². The molecule has 1 aromatic carbocycles. The molecule has 3 amide bonds. The molecule has 0 radical (unpaired) electrons. The van der Waals surface area contributed by atoms with E-state index in [1.807, 2.05) is 29.2 Å². The first-order chi connectivity index (χ1) is 14.6. The van der Waals surface area contributed by atoms with Gasteiger partial charge in [-0.05, 0) is 30.5 Å². The lowest BCUT2D eigenvalue weighted by Gasteiger charge is -2.32. The van der Waals surface area contributed by atoms with Gasteiger partial charge in [-0.25, -0.2) is 9.59 Å². The number of hydrogen-bond donors (Lipinski definition) is 3. The van der Waals surface area contributed by atoms with E-state index in [0.717, 1.165) is 37.1 Å². The number of ether oxygens (including phenoxy) is 1. The molecule has 0 spiro atoms. The molecule has 0 atom stereocenters. The summed E-state index contributed by atoms with van der Waals surface area (Å²) in [6.45, 7) is 4.80. The molecule has 7 nitrogen and oxygen atoms in total. The molecule has 0 saturated carbocycles. The number of piperidine rings is 1. The fraction of sp³-hybridized carbons (Fsp3) is 0.652. The van der Waals surface area contributed by atoms with E-state index >= 15 is 0 Å². The lowest BCUT2D eigenvalue weighted by molar-refractivity contribution is 0.111. The number of benzene rings is 1. The van der Waals surface area contributed by atoms with Crippen molar-refractivity contribution in [2.24, 2.45) is 0 Å². The highest BCUT2D eigenvalue weighted by molar-refractivity contribution is 5.74. The van der Waals surface area contributed by atoms with E-state index in [1.54, 1.807) is 0 Å². The van der Waals surface area contributed by atoms with Crippen molar-refractivity contribution >= 4 is 12.1 Å². The summed E-state index contributed by atoms with van der Waals surface area (Å²) in [5, 5.41) is 14.0. The van der Waals surface area contributed by atoms with Gasteiger partial charge < -0.3 is 25.4 Å². The van der Waals surface area contributed by atoms with E-state index in [0.29, 0.717) is 26.1 Å². The van der Waals surface area contributed by atoms with Crippen molar-refractivity contribution in [3.8, 4) is 5.75 Å². The van der Waals surface area contributed by atoms with Crippen LogP contribution >= 0.6 is 0 Å². The molecule has 3 N–H and O–H groups in total.